The van der Waals surface area contributed by atoms with Crippen LogP contribution in [0.5, 0.6) is 5.75 Å². The molecular formula is C22H25N3O2. The van der Waals surface area contributed by atoms with Gasteiger partial charge in [-0.15, -0.1) is 0 Å². The summed E-state index contributed by atoms with van der Waals surface area (Å²) in [5.74, 6) is 1.18. The molecule has 2 heterocycles. The van der Waals surface area contributed by atoms with Gasteiger partial charge < -0.3 is 20.4 Å². The molecule has 0 unspecified atom stereocenters. The van der Waals surface area contributed by atoms with Crippen molar-refractivity contribution in [2.75, 3.05) is 20.2 Å². The van der Waals surface area contributed by atoms with Crippen LogP contribution in [-0.4, -0.2) is 42.0 Å². The van der Waals surface area contributed by atoms with Crippen LogP contribution in [0.25, 0.3) is 10.9 Å². The Balaban J connectivity index is 1.39. The number of methoxy groups -OCH3 is 1. The number of carbonyl (C=O) groups excluding carboxylic acids is 1. The smallest absolute Gasteiger partial charge is 0.222 e. The number of aromatic nitrogens is 1. The standard InChI is InChI=1S/C22H25N3O2/c1-27-17-9-6-15(7-10-17)19-13-25(14-20(19)23)22(26)11-8-16-12-24-21-5-3-2-4-18(16)21/h2-7,9-10,12,19-20,24H,8,11,13-14,23H2,1H3/t19-,20+/m1/s1. The van der Waals surface area contributed by atoms with Crippen LogP contribution in [0, 0.1) is 0 Å². The molecule has 5 nitrogen and oxygen atoms in total. The quantitative estimate of drug-likeness (QED) is 0.732. The van der Waals surface area contributed by atoms with Crippen LogP contribution in [0.4, 0.5) is 0 Å². The molecule has 1 fully saturated rings. The third-order valence-electron chi connectivity index (χ3n) is 5.54. The number of carbonyl (C=O) groups is 1. The Bertz CT molecular complexity index is 932. The number of rotatable bonds is 5. The van der Waals surface area contributed by atoms with Crippen molar-refractivity contribution in [1.29, 1.82) is 0 Å². The van der Waals surface area contributed by atoms with E-state index in [9.17, 15) is 4.79 Å². The normalized spacial score (nSPS) is 19.6. The van der Waals surface area contributed by atoms with Crippen LogP contribution in [0.15, 0.2) is 54.7 Å². The third kappa shape index (κ3) is 3.55. The highest BCUT2D eigenvalue weighted by Crippen LogP contribution is 2.28. The first-order valence-electron chi connectivity index (χ1n) is 9.38. The van der Waals surface area contributed by atoms with Crippen molar-refractivity contribution in [1.82, 2.24) is 9.88 Å². The molecule has 0 bridgehead atoms. The number of nitrogens with one attached hydrogen (secondary N) is 1. The number of likely N-dealkylation sites (tertiary alicyclic amines) is 1. The number of benzene rings is 2. The Hall–Kier alpha value is -2.79. The zero-order valence-corrected chi connectivity index (χ0v) is 15.5. The molecule has 0 spiro atoms. The summed E-state index contributed by atoms with van der Waals surface area (Å²) in [6, 6.07) is 16.1. The van der Waals surface area contributed by atoms with Crippen LogP contribution in [0.2, 0.25) is 0 Å². The van der Waals surface area contributed by atoms with E-state index in [4.69, 9.17) is 10.5 Å². The highest BCUT2D eigenvalue weighted by molar-refractivity contribution is 5.84. The number of para-hydroxylation sites is 1. The minimum atomic E-state index is -0.0320. The van der Waals surface area contributed by atoms with Gasteiger partial charge in [-0.05, 0) is 35.7 Å². The van der Waals surface area contributed by atoms with E-state index in [1.807, 2.05) is 47.5 Å². The van der Waals surface area contributed by atoms with Crippen LogP contribution in [0.1, 0.15) is 23.5 Å². The Morgan fingerprint density at radius 1 is 1.19 bits per heavy atom. The Labute approximate surface area is 159 Å². The van der Waals surface area contributed by atoms with E-state index < -0.39 is 0 Å². The molecular weight excluding hydrogens is 338 g/mol. The largest absolute Gasteiger partial charge is 0.497 e. The fourth-order valence-corrected chi connectivity index (χ4v) is 3.97. The monoisotopic (exact) mass is 363 g/mol. The maximum Gasteiger partial charge on any atom is 0.222 e. The van der Waals surface area contributed by atoms with Gasteiger partial charge in [-0.3, -0.25) is 4.79 Å². The van der Waals surface area contributed by atoms with Gasteiger partial charge in [0.2, 0.25) is 5.91 Å². The highest BCUT2D eigenvalue weighted by Gasteiger charge is 2.33. The van der Waals surface area contributed by atoms with Crippen molar-refractivity contribution >= 4 is 16.8 Å². The van der Waals surface area contributed by atoms with Crippen LogP contribution < -0.4 is 10.5 Å². The number of ether oxygens (including phenoxy) is 1. The lowest BCUT2D eigenvalue weighted by atomic mass is 9.95. The molecule has 2 atom stereocenters. The van der Waals surface area contributed by atoms with Gasteiger partial charge in [0.25, 0.3) is 0 Å². The number of nitrogens with zero attached hydrogens (tertiary/aromatic N) is 1. The van der Waals surface area contributed by atoms with Gasteiger partial charge >= 0.3 is 0 Å². The fourth-order valence-electron chi connectivity index (χ4n) is 3.97. The van der Waals surface area contributed by atoms with E-state index in [1.54, 1.807) is 7.11 Å². The Morgan fingerprint density at radius 3 is 2.74 bits per heavy atom. The van der Waals surface area contributed by atoms with E-state index in [0.29, 0.717) is 19.5 Å². The number of hydrogen-bond donors (Lipinski definition) is 2. The van der Waals surface area contributed by atoms with Crippen molar-refractivity contribution in [3.63, 3.8) is 0 Å². The molecule has 0 saturated carbocycles. The minimum Gasteiger partial charge on any atom is -0.497 e. The molecule has 27 heavy (non-hydrogen) atoms. The van der Waals surface area contributed by atoms with Crippen LogP contribution in [-0.2, 0) is 11.2 Å². The summed E-state index contributed by atoms with van der Waals surface area (Å²) < 4.78 is 5.22. The van der Waals surface area contributed by atoms with Gasteiger partial charge in [-0.25, -0.2) is 0 Å². The molecule has 140 valence electrons. The number of hydrogen-bond acceptors (Lipinski definition) is 3. The molecule has 3 aromatic rings. The van der Waals surface area contributed by atoms with E-state index in [0.717, 1.165) is 23.3 Å². The Kier molecular flexibility index (Phi) is 4.86. The van der Waals surface area contributed by atoms with Crippen molar-refractivity contribution in [3.8, 4) is 5.75 Å². The average Bonchev–Trinajstić information content (AvgIpc) is 3.30. The average molecular weight is 363 g/mol. The van der Waals surface area contributed by atoms with Gasteiger partial charge in [0.15, 0.2) is 0 Å². The second-order valence-electron chi connectivity index (χ2n) is 7.20. The zero-order valence-electron chi connectivity index (χ0n) is 15.5. The van der Waals surface area contributed by atoms with Gasteiger partial charge in [-0.2, -0.15) is 0 Å². The molecule has 0 aliphatic carbocycles. The number of aryl methyl sites for hydroxylation is 1. The summed E-state index contributed by atoms with van der Waals surface area (Å²) in [4.78, 5) is 17.9. The van der Waals surface area contributed by atoms with Gasteiger partial charge in [-0.1, -0.05) is 30.3 Å². The maximum absolute atomic E-state index is 12.7. The van der Waals surface area contributed by atoms with E-state index in [1.165, 1.54) is 10.9 Å². The minimum absolute atomic E-state index is 0.0320. The van der Waals surface area contributed by atoms with Crippen molar-refractivity contribution in [2.24, 2.45) is 5.73 Å². The molecule has 1 amide bonds. The van der Waals surface area contributed by atoms with Gasteiger partial charge in [0.05, 0.1) is 7.11 Å². The van der Waals surface area contributed by atoms with Crippen molar-refractivity contribution in [2.45, 2.75) is 24.8 Å². The lowest BCUT2D eigenvalue weighted by Gasteiger charge is -2.16. The molecule has 1 aliphatic rings. The predicted molar refractivity (Wildman–Crippen MR) is 107 cm³/mol. The van der Waals surface area contributed by atoms with Crippen LogP contribution >= 0.6 is 0 Å². The zero-order chi connectivity index (χ0) is 18.8. The number of amides is 1. The number of nitrogens with two attached hydrogens (primary N) is 1. The summed E-state index contributed by atoms with van der Waals surface area (Å²) in [5.41, 5.74) is 9.81. The first kappa shape index (κ1) is 17.6. The van der Waals surface area contributed by atoms with Crippen LogP contribution in [0.3, 0.4) is 0 Å². The second kappa shape index (κ2) is 7.45. The maximum atomic E-state index is 12.7. The summed E-state index contributed by atoms with van der Waals surface area (Å²) >= 11 is 0. The molecule has 1 aliphatic heterocycles. The molecule has 1 aromatic heterocycles. The number of H-pyrrole nitrogens is 1. The number of fused-ring (bicyclic) bond motifs is 1. The summed E-state index contributed by atoms with van der Waals surface area (Å²) in [7, 11) is 1.66. The van der Waals surface area contributed by atoms with Gasteiger partial charge in [0.1, 0.15) is 5.75 Å². The third-order valence-corrected chi connectivity index (χ3v) is 5.54. The predicted octanol–water partition coefficient (Wildman–Crippen LogP) is 3.06. The molecule has 3 N–H and O–H groups in total. The lowest BCUT2D eigenvalue weighted by Crippen LogP contribution is -2.32. The van der Waals surface area contributed by atoms with E-state index in [2.05, 4.69) is 17.1 Å². The molecule has 5 heteroatoms. The lowest BCUT2D eigenvalue weighted by molar-refractivity contribution is -0.130. The molecule has 1 saturated heterocycles. The second-order valence-corrected chi connectivity index (χ2v) is 7.20. The highest BCUT2D eigenvalue weighted by atomic mass is 16.5. The summed E-state index contributed by atoms with van der Waals surface area (Å²) in [5, 5.41) is 1.19. The first-order valence-corrected chi connectivity index (χ1v) is 9.38. The molecule has 0 radical (unpaired) electrons. The van der Waals surface area contributed by atoms with Crippen molar-refractivity contribution < 1.29 is 9.53 Å². The van der Waals surface area contributed by atoms with Crippen molar-refractivity contribution in [3.05, 3.63) is 65.9 Å². The molecule has 2 aromatic carbocycles. The summed E-state index contributed by atoms with van der Waals surface area (Å²) in [6.07, 6.45) is 3.25. The van der Waals surface area contributed by atoms with E-state index >= 15 is 0 Å². The first-order chi connectivity index (χ1) is 13.2. The SMILES string of the molecule is COc1ccc([C@H]2CN(C(=O)CCc3c[nH]c4ccccc34)C[C@@H]2N)cc1. The number of aromatic amines is 1. The topological polar surface area (TPSA) is 71.3 Å². The fraction of sp³-hybridized carbons (Fsp3) is 0.318. The molecule has 4 rings (SSSR count). The van der Waals surface area contributed by atoms with Gasteiger partial charge in [0, 0.05) is 48.6 Å². The van der Waals surface area contributed by atoms with E-state index in [-0.39, 0.29) is 17.9 Å². The Morgan fingerprint density at radius 2 is 1.96 bits per heavy atom. The summed E-state index contributed by atoms with van der Waals surface area (Å²) in [6.45, 7) is 1.30.